The minimum Gasteiger partial charge on any atom is -0.339 e. The Kier molecular flexibility index (Phi) is 6.45. The topological polar surface area (TPSA) is 46.3 Å². The maximum Gasteiger partial charge on any atom is 0.253 e. The fraction of sp³-hybridized carbons (Fsp3) is 0.611. The second kappa shape index (κ2) is 7.47. The molecule has 1 fully saturated rings. The Morgan fingerprint density at radius 2 is 1.68 bits per heavy atom. The molecule has 124 valence electrons. The van der Waals surface area contributed by atoms with Crippen molar-refractivity contribution in [1.29, 1.82) is 0 Å². The number of piperidine rings is 1. The van der Waals surface area contributed by atoms with Crippen molar-refractivity contribution >= 4 is 18.3 Å². The Morgan fingerprint density at radius 1 is 1.18 bits per heavy atom. The third kappa shape index (κ3) is 4.47. The van der Waals surface area contributed by atoms with Gasteiger partial charge >= 0.3 is 0 Å². The van der Waals surface area contributed by atoms with E-state index >= 15 is 0 Å². The molecular formula is C18H29ClN2O. The fourth-order valence-electron chi connectivity index (χ4n) is 2.92. The van der Waals surface area contributed by atoms with E-state index in [1.54, 1.807) is 0 Å². The molecule has 0 aliphatic carbocycles. The zero-order valence-corrected chi connectivity index (χ0v) is 15.0. The van der Waals surface area contributed by atoms with E-state index in [9.17, 15) is 4.79 Å². The SMILES string of the molecule is CC(N)C1CCN(C(=O)c2ccc(C(C)(C)C)cc2)CC1.Cl. The van der Waals surface area contributed by atoms with Crippen LogP contribution in [0.2, 0.25) is 0 Å². The average Bonchev–Trinajstić information content (AvgIpc) is 2.46. The van der Waals surface area contributed by atoms with E-state index < -0.39 is 0 Å². The van der Waals surface area contributed by atoms with Gasteiger partial charge in [-0.05, 0) is 48.8 Å². The largest absolute Gasteiger partial charge is 0.339 e. The molecule has 1 amide bonds. The normalized spacial score (nSPS) is 17.8. The lowest BCUT2D eigenvalue weighted by Gasteiger charge is -2.33. The van der Waals surface area contributed by atoms with Gasteiger partial charge in [-0.3, -0.25) is 4.79 Å². The maximum absolute atomic E-state index is 12.5. The van der Waals surface area contributed by atoms with E-state index in [1.807, 2.05) is 17.0 Å². The zero-order valence-electron chi connectivity index (χ0n) is 14.1. The van der Waals surface area contributed by atoms with Crippen LogP contribution >= 0.6 is 12.4 Å². The van der Waals surface area contributed by atoms with Crippen molar-refractivity contribution in [2.75, 3.05) is 13.1 Å². The Balaban J connectivity index is 0.00000242. The van der Waals surface area contributed by atoms with Gasteiger partial charge in [0.05, 0.1) is 0 Å². The lowest BCUT2D eigenvalue weighted by atomic mass is 9.86. The van der Waals surface area contributed by atoms with E-state index in [4.69, 9.17) is 5.73 Å². The predicted molar refractivity (Wildman–Crippen MR) is 94.7 cm³/mol. The smallest absolute Gasteiger partial charge is 0.253 e. The molecule has 1 saturated heterocycles. The summed E-state index contributed by atoms with van der Waals surface area (Å²) in [6.07, 6.45) is 2.03. The molecule has 0 bridgehead atoms. The minimum atomic E-state index is 0. The van der Waals surface area contributed by atoms with Crippen molar-refractivity contribution in [3.05, 3.63) is 35.4 Å². The van der Waals surface area contributed by atoms with Crippen LogP contribution in [0.1, 0.15) is 56.5 Å². The van der Waals surface area contributed by atoms with Crippen molar-refractivity contribution in [2.24, 2.45) is 11.7 Å². The number of carbonyl (C=O) groups excluding carboxylic acids is 1. The van der Waals surface area contributed by atoms with Crippen LogP contribution in [0, 0.1) is 5.92 Å². The number of hydrogen-bond donors (Lipinski definition) is 1. The van der Waals surface area contributed by atoms with Gasteiger partial charge in [0.15, 0.2) is 0 Å². The Morgan fingerprint density at radius 3 is 2.09 bits per heavy atom. The van der Waals surface area contributed by atoms with Gasteiger partial charge in [-0.15, -0.1) is 12.4 Å². The highest BCUT2D eigenvalue weighted by Crippen LogP contribution is 2.24. The van der Waals surface area contributed by atoms with Gasteiger partial charge in [-0.25, -0.2) is 0 Å². The summed E-state index contributed by atoms with van der Waals surface area (Å²) in [6, 6.07) is 8.29. The van der Waals surface area contributed by atoms with Crippen LogP contribution in [0.25, 0.3) is 0 Å². The first-order chi connectivity index (χ1) is 9.79. The van der Waals surface area contributed by atoms with E-state index in [0.29, 0.717) is 5.92 Å². The molecule has 1 aromatic carbocycles. The number of likely N-dealkylation sites (tertiary alicyclic amines) is 1. The molecule has 0 radical (unpaired) electrons. The number of hydrogen-bond acceptors (Lipinski definition) is 2. The summed E-state index contributed by atoms with van der Waals surface area (Å²) in [6.45, 7) is 10.3. The molecule has 22 heavy (non-hydrogen) atoms. The molecule has 1 atom stereocenters. The van der Waals surface area contributed by atoms with E-state index in [0.717, 1.165) is 31.5 Å². The number of nitrogens with two attached hydrogens (primary N) is 1. The number of benzene rings is 1. The molecule has 1 aliphatic rings. The molecule has 4 heteroatoms. The number of amides is 1. The first-order valence-corrected chi connectivity index (χ1v) is 7.94. The van der Waals surface area contributed by atoms with Gasteiger partial charge in [0.2, 0.25) is 0 Å². The van der Waals surface area contributed by atoms with Gasteiger partial charge in [-0.1, -0.05) is 32.9 Å². The minimum absolute atomic E-state index is 0. The summed E-state index contributed by atoms with van der Waals surface area (Å²) in [5, 5.41) is 0. The van der Waals surface area contributed by atoms with E-state index in [-0.39, 0.29) is 29.8 Å². The first-order valence-electron chi connectivity index (χ1n) is 7.94. The van der Waals surface area contributed by atoms with Gasteiger partial charge in [0.1, 0.15) is 0 Å². The van der Waals surface area contributed by atoms with Crippen molar-refractivity contribution in [2.45, 2.75) is 52.0 Å². The Labute approximate surface area is 140 Å². The number of nitrogens with zero attached hydrogens (tertiary/aromatic N) is 1. The molecule has 0 saturated carbocycles. The Hall–Kier alpha value is -1.06. The first kappa shape index (κ1) is 19.0. The predicted octanol–water partition coefficient (Wildman–Crippen LogP) is 3.61. The number of rotatable bonds is 2. The molecule has 1 unspecified atom stereocenters. The molecule has 2 rings (SSSR count). The standard InChI is InChI=1S/C18H28N2O.ClH/c1-13(19)14-9-11-20(12-10-14)17(21)15-5-7-16(8-6-15)18(2,3)4;/h5-8,13-14H,9-12,19H2,1-4H3;1H. The van der Waals surface area contributed by atoms with Crippen LogP contribution in [-0.4, -0.2) is 29.9 Å². The van der Waals surface area contributed by atoms with Crippen molar-refractivity contribution in [3.8, 4) is 0 Å². The summed E-state index contributed by atoms with van der Waals surface area (Å²) < 4.78 is 0. The molecule has 3 nitrogen and oxygen atoms in total. The summed E-state index contributed by atoms with van der Waals surface area (Å²) in [5.41, 5.74) is 8.13. The van der Waals surface area contributed by atoms with Crippen LogP contribution in [0.3, 0.4) is 0 Å². The lowest BCUT2D eigenvalue weighted by molar-refractivity contribution is 0.0681. The molecule has 1 heterocycles. The lowest BCUT2D eigenvalue weighted by Crippen LogP contribution is -2.42. The van der Waals surface area contributed by atoms with E-state index in [1.165, 1.54) is 5.56 Å². The zero-order chi connectivity index (χ0) is 15.6. The second-order valence-electron chi connectivity index (χ2n) is 7.32. The number of halogens is 1. The van der Waals surface area contributed by atoms with Gasteiger partial charge in [-0.2, -0.15) is 0 Å². The molecule has 1 aromatic rings. The second-order valence-corrected chi connectivity index (χ2v) is 7.32. The summed E-state index contributed by atoms with van der Waals surface area (Å²) in [4.78, 5) is 14.5. The van der Waals surface area contributed by atoms with Crippen LogP contribution in [0.5, 0.6) is 0 Å². The third-order valence-electron chi connectivity index (χ3n) is 4.57. The maximum atomic E-state index is 12.5. The molecule has 0 spiro atoms. The van der Waals surface area contributed by atoms with Crippen molar-refractivity contribution in [1.82, 2.24) is 4.90 Å². The highest BCUT2D eigenvalue weighted by Gasteiger charge is 2.25. The summed E-state index contributed by atoms with van der Waals surface area (Å²) in [5.74, 6) is 0.705. The highest BCUT2D eigenvalue weighted by molar-refractivity contribution is 5.94. The summed E-state index contributed by atoms with van der Waals surface area (Å²) in [7, 11) is 0. The number of carbonyl (C=O) groups is 1. The van der Waals surface area contributed by atoms with Crippen LogP contribution in [-0.2, 0) is 5.41 Å². The summed E-state index contributed by atoms with van der Waals surface area (Å²) >= 11 is 0. The quantitative estimate of drug-likeness (QED) is 0.903. The van der Waals surface area contributed by atoms with Crippen molar-refractivity contribution < 1.29 is 4.79 Å². The molecular weight excluding hydrogens is 296 g/mol. The van der Waals surface area contributed by atoms with Gasteiger partial charge < -0.3 is 10.6 Å². The highest BCUT2D eigenvalue weighted by atomic mass is 35.5. The van der Waals surface area contributed by atoms with Gasteiger partial charge in [0, 0.05) is 24.7 Å². The third-order valence-corrected chi connectivity index (χ3v) is 4.57. The fourth-order valence-corrected chi connectivity index (χ4v) is 2.92. The van der Waals surface area contributed by atoms with Crippen LogP contribution in [0.4, 0.5) is 0 Å². The van der Waals surface area contributed by atoms with Crippen LogP contribution < -0.4 is 5.73 Å². The molecule has 0 aromatic heterocycles. The van der Waals surface area contributed by atoms with E-state index in [2.05, 4.69) is 39.8 Å². The molecule has 2 N–H and O–H groups in total. The Bertz CT molecular complexity index is 483. The monoisotopic (exact) mass is 324 g/mol. The van der Waals surface area contributed by atoms with Gasteiger partial charge in [0.25, 0.3) is 5.91 Å². The van der Waals surface area contributed by atoms with Crippen LogP contribution in [0.15, 0.2) is 24.3 Å². The molecule has 1 aliphatic heterocycles. The van der Waals surface area contributed by atoms with Crippen molar-refractivity contribution in [3.63, 3.8) is 0 Å². The average molecular weight is 325 g/mol.